The van der Waals surface area contributed by atoms with Gasteiger partial charge in [-0.25, -0.2) is 0 Å². The highest BCUT2D eigenvalue weighted by molar-refractivity contribution is 7.07. The Balaban J connectivity index is 1.98. The lowest BCUT2D eigenvalue weighted by molar-refractivity contribution is -0.121. The third kappa shape index (κ3) is 5.26. The molecule has 1 aromatic carbocycles. The number of rotatable bonds is 8. The molecule has 0 radical (unpaired) electrons. The Morgan fingerprint density at radius 3 is 2.73 bits per heavy atom. The van der Waals surface area contributed by atoms with Crippen molar-refractivity contribution in [3.8, 4) is 0 Å². The molecule has 0 aliphatic carbocycles. The fraction of sp³-hybridized carbons (Fsp3) is 0.353. The number of hydrogen-bond acceptors (Lipinski definition) is 4. The van der Waals surface area contributed by atoms with Crippen LogP contribution in [-0.4, -0.2) is 36.1 Å². The van der Waals surface area contributed by atoms with Crippen LogP contribution in [0.1, 0.15) is 23.7 Å². The second kappa shape index (κ2) is 8.68. The molecule has 0 aliphatic rings. The summed E-state index contributed by atoms with van der Waals surface area (Å²) in [6.07, 6.45) is -0.0979. The van der Waals surface area contributed by atoms with Crippen LogP contribution in [0.3, 0.4) is 0 Å². The summed E-state index contributed by atoms with van der Waals surface area (Å²) in [5, 5.41) is 16.9. The summed E-state index contributed by atoms with van der Waals surface area (Å²) in [5.41, 5.74) is 2.11. The van der Waals surface area contributed by atoms with Crippen molar-refractivity contribution in [2.24, 2.45) is 0 Å². The molecule has 0 saturated heterocycles. The van der Waals surface area contributed by atoms with E-state index in [1.807, 2.05) is 35.0 Å². The number of aliphatic hydroxyl groups excluding tert-OH is 1. The van der Waals surface area contributed by atoms with Crippen molar-refractivity contribution in [1.82, 2.24) is 10.2 Å². The van der Waals surface area contributed by atoms with Gasteiger partial charge in [-0.2, -0.15) is 11.3 Å². The fourth-order valence-corrected chi connectivity index (χ4v) is 2.98. The first-order valence-corrected chi connectivity index (χ1v) is 8.30. The van der Waals surface area contributed by atoms with Crippen LogP contribution >= 0.6 is 11.3 Å². The molecule has 1 unspecified atom stereocenters. The number of carbonyl (C=O) groups is 1. The molecule has 4 nitrogen and oxygen atoms in total. The van der Waals surface area contributed by atoms with Gasteiger partial charge in [-0.05, 0) is 28.0 Å². The van der Waals surface area contributed by atoms with Crippen LogP contribution in [0.4, 0.5) is 0 Å². The molecule has 118 valence electrons. The van der Waals surface area contributed by atoms with Crippen molar-refractivity contribution >= 4 is 17.2 Å². The average Bonchev–Trinajstić information content (AvgIpc) is 3.07. The van der Waals surface area contributed by atoms with Gasteiger partial charge in [-0.1, -0.05) is 30.3 Å². The average molecular weight is 318 g/mol. The number of thiophene rings is 1. The van der Waals surface area contributed by atoms with Crippen molar-refractivity contribution in [3.63, 3.8) is 0 Å². The van der Waals surface area contributed by atoms with Gasteiger partial charge in [0.25, 0.3) is 0 Å². The van der Waals surface area contributed by atoms with E-state index >= 15 is 0 Å². The first kappa shape index (κ1) is 16.7. The van der Waals surface area contributed by atoms with Gasteiger partial charge in [0.1, 0.15) is 0 Å². The van der Waals surface area contributed by atoms with Gasteiger partial charge in [0, 0.05) is 33.1 Å². The van der Waals surface area contributed by atoms with E-state index in [1.165, 1.54) is 5.56 Å². The molecule has 2 N–H and O–H groups in total. The molecule has 2 aromatic rings. The molecule has 0 bridgehead atoms. The second-order valence-electron chi connectivity index (χ2n) is 5.22. The van der Waals surface area contributed by atoms with E-state index < -0.39 is 6.10 Å². The maximum absolute atomic E-state index is 11.5. The van der Waals surface area contributed by atoms with Crippen LogP contribution in [-0.2, 0) is 11.3 Å². The lowest BCUT2D eigenvalue weighted by atomic mass is 10.1. The Morgan fingerprint density at radius 2 is 2.09 bits per heavy atom. The van der Waals surface area contributed by atoms with Crippen molar-refractivity contribution in [1.29, 1.82) is 0 Å². The quantitative estimate of drug-likeness (QED) is 0.786. The van der Waals surface area contributed by atoms with Crippen LogP contribution in [0.5, 0.6) is 0 Å². The van der Waals surface area contributed by atoms with Gasteiger partial charge in [-0.15, -0.1) is 0 Å². The summed E-state index contributed by atoms with van der Waals surface area (Å²) in [7, 11) is 1.64. The molecular formula is C17H22N2O2S. The molecule has 1 amide bonds. The molecule has 2 rings (SSSR count). The normalized spacial score (nSPS) is 12.3. The highest BCUT2D eigenvalue weighted by Crippen LogP contribution is 2.18. The number of aliphatic hydroxyl groups is 1. The smallest absolute Gasteiger partial charge is 0.221 e. The van der Waals surface area contributed by atoms with E-state index in [-0.39, 0.29) is 5.91 Å². The minimum atomic E-state index is -0.528. The molecule has 0 aliphatic heterocycles. The van der Waals surface area contributed by atoms with Gasteiger partial charge < -0.3 is 10.4 Å². The first-order chi connectivity index (χ1) is 10.7. The van der Waals surface area contributed by atoms with Crippen LogP contribution in [0.15, 0.2) is 47.2 Å². The Morgan fingerprint density at radius 1 is 1.32 bits per heavy atom. The molecule has 1 aromatic heterocycles. The van der Waals surface area contributed by atoms with E-state index in [4.69, 9.17) is 0 Å². The molecule has 5 heteroatoms. The maximum Gasteiger partial charge on any atom is 0.221 e. The minimum absolute atomic E-state index is 0.0167. The Labute approximate surface area is 135 Å². The summed E-state index contributed by atoms with van der Waals surface area (Å²) in [6, 6.07) is 12.0. The van der Waals surface area contributed by atoms with Gasteiger partial charge in [0.2, 0.25) is 5.91 Å². The second-order valence-corrected chi connectivity index (χ2v) is 6.00. The number of nitrogens with one attached hydrogen (secondary N) is 1. The van der Waals surface area contributed by atoms with E-state index in [9.17, 15) is 9.90 Å². The summed E-state index contributed by atoms with van der Waals surface area (Å²) in [4.78, 5) is 13.6. The number of hydrogen-bond donors (Lipinski definition) is 2. The largest absolute Gasteiger partial charge is 0.387 e. The molecule has 1 atom stereocenters. The van der Waals surface area contributed by atoms with Gasteiger partial charge in [0.05, 0.1) is 6.10 Å². The van der Waals surface area contributed by atoms with E-state index in [1.54, 1.807) is 18.4 Å². The summed E-state index contributed by atoms with van der Waals surface area (Å²) < 4.78 is 0. The zero-order valence-corrected chi connectivity index (χ0v) is 13.6. The highest BCUT2D eigenvalue weighted by Gasteiger charge is 2.15. The summed E-state index contributed by atoms with van der Waals surface area (Å²) in [5.74, 6) is 0.0167. The fourth-order valence-electron chi connectivity index (χ4n) is 2.28. The van der Waals surface area contributed by atoms with Crippen LogP contribution in [0.25, 0.3) is 0 Å². The molecule has 1 heterocycles. The molecule has 0 saturated carbocycles. The van der Waals surface area contributed by atoms with Crippen LogP contribution in [0, 0.1) is 0 Å². The maximum atomic E-state index is 11.5. The summed E-state index contributed by atoms with van der Waals surface area (Å²) in [6.45, 7) is 1.86. The number of nitrogens with zero attached hydrogens (tertiary/aromatic N) is 1. The van der Waals surface area contributed by atoms with Crippen molar-refractivity contribution < 1.29 is 9.90 Å². The Kier molecular flexibility index (Phi) is 6.58. The SMILES string of the molecule is CNC(=O)CCN(Cc1ccccc1)CC(O)c1ccsc1. The monoisotopic (exact) mass is 318 g/mol. The standard InChI is InChI=1S/C17H22N2O2S/c1-18-17(21)7-9-19(11-14-5-3-2-4-6-14)12-16(20)15-8-10-22-13-15/h2-6,8,10,13,16,20H,7,9,11-12H2,1H3,(H,18,21). The van der Waals surface area contributed by atoms with Crippen molar-refractivity contribution in [2.45, 2.75) is 19.1 Å². The lowest BCUT2D eigenvalue weighted by Gasteiger charge is -2.24. The molecule has 0 fully saturated rings. The van der Waals surface area contributed by atoms with Gasteiger partial charge >= 0.3 is 0 Å². The van der Waals surface area contributed by atoms with Crippen molar-refractivity contribution in [3.05, 3.63) is 58.3 Å². The third-order valence-electron chi connectivity index (χ3n) is 3.54. The highest BCUT2D eigenvalue weighted by atomic mass is 32.1. The number of benzene rings is 1. The number of carbonyl (C=O) groups excluding carboxylic acids is 1. The molecule has 0 spiro atoms. The third-order valence-corrected chi connectivity index (χ3v) is 4.24. The number of amides is 1. The van der Waals surface area contributed by atoms with Gasteiger partial charge in [0.15, 0.2) is 0 Å². The lowest BCUT2D eigenvalue weighted by Crippen LogP contribution is -2.32. The summed E-state index contributed by atoms with van der Waals surface area (Å²) >= 11 is 1.58. The zero-order chi connectivity index (χ0) is 15.8. The Hall–Kier alpha value is -1.69. The zero-order valence-electron chi connectivity index (χ0n) is 12.7. The van der Waals surface area contributed by atoms with Crippen LogP contribution < -0.4 is 5.32 Å². The van der Waals surface area contributed by atoms with E-state index in [0.717, 1.165) is 12.1 Å². The Bertz CT molecular complexity index is 557. The van der Waals surface area contributed by atoms with E-state index in [0.29, 0.717) is 19.5 Å². The molecular weight excluding hydrogens is 296 g/mol. The topological polar surface area (TPSA) is 52.6 Å². The molecule has 22 heavy (non-hydrogen) atoms. The first-order valence-electron chi connectivity index (χ1n) is 7.36. The van der Waals surface area contributed by atoms with Gasteiger partial charge in [-0.3, -0.25) is 9.69 Å². The van der Waals surface area contributed by atoms with E-state index in [2.05, 4.69) is 22.3 Å². The predicted octanol–water partition coefficient (Wildman–Crippen LogP) is 2.42. The predicted molar refractivity (Wildman–Crippen MR) is 89.7 cm³/mol. The van der Waals surface area contributed by atoms with Crippen LogP contribution in [0.2, 0.25) is 0 Å². The minimum Gasteiger partial charge on any atom is -0.387 e. The van der Waals surface area contributed by atoms with Crippen molar-refractivity contribution in [2.75, 3.05) is 20.1 Å².